The summed E-state index contributed by atoms with van der Waals surface area (Å²) in [5.41, 5.74) is 4.48. The molecule has 3 aromatic carbocycles. The number of hydrogen-bond acceptors (Lipinski definition) is 5. The number of benzene rings is 3. The zero-order valence-corrected chi connectivity index (χ0v) is 18.3. The van der Waals surface area contributed by atoms with Crippen LogP contribution in [0, 0.1) is 12.7 Å². The average molecular weight is 449 g/mol. The van der Waals surface area contributed by atoms with Gasteiger partial charge >= 0.3 is 0 Å². The lowest BCUT2D eigenvalue weighted by Gasteiger charge is -2.13. The monoisotopic (exact) mass is 449 g/mol. The molecule has 8 heteroatoms. The van der Waals surface area contributed by atoms with E-state index in [1.54, 1.807) is 24.3 Å². The average Bonchev–Trinajstić information content (AvgIpc) is 2.80. The van der Waals surface area contributed by atoms with E-state index in [4.69, 9.17) is 9.47 Å². The quantitative estimate of drug-likeness (QED) is 0.376. The molecule has 33 heavy (non-hydrogen) atoms. The maximum Gasteiger partial charge on any atom is 0.274 e. The number of anilines is 1. The molecule has 0 aromatic heterocycles. The Hall–Kier alpha value is -4.20. The van der Waals surface area contributed by atoms with Gasteiger partial charge in [0, 0.05) is 5.69 Å². The summed E-state index contributed by atoms with van der Waals surface area (Å²) < 4.78 is 24.9. The van der Waals surface area contributed by atoms with Gasteiger partial charge in [-0.15, -0.1) is 0 Å². The van der Waals surface area contributed by atoms with Crippen molar-refractivity contribution in [3.05, 3.63) is 89.2 Å². The number of aryl methyl sites for hydroxylation is 1. The van der Waals surface area contributed by atoms with Crippen molar-refractivity contribution in [1.29, 1.82) is 0 Å². The molecular formula is C25H24FN3O4. The van der Waals surface area contributed by atoms with Gasteiger partial charge in [-0.2, -0.15) is 5.10 Å². The van der Waals surface area contributed by atoms with Crippen LogP contribution in [0.3, 0.4) is 0 Å². The zero-order valence-electron chi connectivity index (χ0n) is 18.3. The van der Waals surface area contributed by atoms with E-state index >= 15 is 0 Å². The molecule has 0 unspecified atom stereocenters. The minimum Gasteiger partial charge on any atom is -0.490 e. The SMILES string of the molecule is CCOc1cc(/C=N\NC(=O)c2ccccc2F)ccc1OCC(=O)Nc1ccccc1C. The van der Waals surface area contributed by atoms with Crippen LogP contribution in [0.15, 0.2) is 71.8 Å². The van der Waals surface area contributed by atoms with Crippen molar-refractivity contribution in [3.63, 3.8) is 0 Å². The largest absolute Gasteiger partial charge is 0.490 e. The van der Waals surface area contributed by atoms with Crippen LogP contribution in [0.1, 0.15) is 28.4 Å². The standard InChI is InChI=1S/C25H24FN3O4/c1-3-32-23-14-18(15-27-29-25(31)19-9-5-6-10-20(19)26)12-13-22(23)33-16-24(30)28-21-11-7-4-8-17(21)2/h4-15H,3,16H2,1-2H3,(H,28,30)(H,29,31)/b27-15-. The molecule has 7 nitrogen and oxygen atoms in total. The van der Waals surface area contributed by atoms with E-state index in [9.17, 15) is 14.0 Å². The molecule has 0 aliphatic carbocycles. The van der Waals surface area contributed by atoms with Crippen molar-refractivity contribution in [1.82, 2.24) is 5.43 Å². The van der Waals surface area contributed by atoms with Gasteiger partial charge in [0.2, 0.25) is 0 Å². The van der Waals surface area contributed by atoms with Crippen LogP contribution in [0.25, 0.3) is 0 Å². The fourth-order valence-electron chi connectivity index (χ4n) is 2.91. The topological polar surface area (TPSA) is 89.0 Å². The van der Waals surface area contributed by atoms with Gasteiger partial charge in [0.25, 0.3) is 11.8 Å². The minimum atomic E-state index is -0.658. The molecule has 0 aliphatic heterocycles. The van der Waals surface area contributed by atoms with Crippen molar-refractivity contribution in [3.8, 4) is 11.5 Å². The summed E-state index contributed by atoms with van der Waals surface area (Å²) >= 11 is 0. The number of nitrogens with one attached hydrogen (secondary N) is 2. The Labute approximate surface area is 191 Å². The molecule has 0 fully saturated rings. The van der Waals surface area contributed by atoms with E-state index in [2.05, 4.69) is 15.8 Å². The number of hydrogen-bond donors (Lipinski definition) is 2. The van der Waals surface area contributed by atoms with Gasteiger partial charge in [0.1, 0.15) is 5.82 Å². The third-order valence-electron chi connectivity index (χ3n) is 4.54. The summed E-state index contributed by atoms with van der Waals surface area (Å²) in [4.78, 5) is 24.3. The lowest BCUT2D eigenvalue weighted by molar-refractivity contribution is -0.118. The number of ether oxygens (including phenoxy) is 2. The van der Waals surface area contributed by atoms with Crippen LogP contribution >= 0.6 is 0 Å². The first-order valence-electron chi connectivity index (χ1n) is 10.3. The van der Waals surface area contributed by atoms with Crippen LogP contribution in [0.2, 0.25) is 0 Å². The molecule has 0 bridgehead atoms. The molecule has 0 spiro atoms. The lowest BCUT2D eigenvalue weighted by atomic mass is 10.2. The van der Waals surface area contributed by atoms with Gasteiger partial charge in [-0.25, -0.2) is 9.82 Å². The third kappa shape index (κ3) is 6.64. The number of hydrazone groups is 1. The molecule has 0 atom stereocenters. The van der Waals surface area contributed by atoms with E-state index in [1.165, 1.54) is 24.4 Å². The maximum absolute atomic E-state index is 13.7. The van der Waals surface area contributed by atoms with E-state index in [0.29, 0.717) is 23.7 Å². The highest BCUT2D eigenvalue weighted by atomic mass is 19.1. The van der Waals surface area contributed by atoms with Gasteiger partial charge in [-0.05, 0) is 61.4 Å². The number of amides is 2. The minimum absolute atomic E-state index is 0.0997. The molecule has 0 saturated heterocycles. The summed E-state index contributed by atoms with van der Waals surface area (Å²) in [6.07, 6.45) is 1.40. The summed E-state index contributed by atoms with van der Waals surface area (Å²) in [7, 11) is 0. The summed E-state index contributed by atoms with van der Waals surface area (Å²) in [6, 6.07) is 18.1. The second kappa shape index (κ2) is 11.4. The van der Waals surface area contributed by atoms with Crippen molar-refractivity contribution < 1.29 is 23.5 Å². The van der Waals surface area contributed by atoms with E-state index < -0.39 is 11.7 Å². The Balaban J connectivity index is 1.62. The van der Waals surface area contributed by atoms with Gasteiger partial charge in [0.05, 0.1) is 18.4 Å². The molecule has 3 aromatic rings. The predicted molar refractivity (Wildman–Crippen MR) is 124 cm³/mol. The maximum atomic E-state index is 13.7. The molecule has 0 saturated carbocycles. The van der Waals surface area contributed by atoms with Gasteiger partial charge in [-0.3, -0.25) is 9.59 Å². The normalized spacial score (nSPS) is 10.6. The van der Waals surface area contributed by atoms with E-state index in [-0.39, 0.29) is 18.1 Å². The number of para-hydroxylation sites is 1. The molecular weight excluding hydrogens is 425 g/mol. The molecule has 170 valence electrons. The fourth-order valence-corrected chi connectivity index (χ4v) is 2.91. The van der Waals surface area contributed by atoms with Crippen LogP contribution in [-0.2, 0) is 4.79 Å². The highest BCUT2D eigenvalue weighted by Gasteiger charge is 2.11. The lowest BCUT2D eigenvalue weighted by Crippen LogP contribution is -2.21. The van der Waals surface area contributed by atoms with Crippen molar-refractivity contribution >= 4 is 23.7 Å². The van der Waals surface area contributed by atoms with E-state index in [0.717, 1.165) is 11.3 Å². The predicted octanol–water partition coefficient (Wildman–Crippen LogP) is 4.31. The van der Waals surface area contributed by atoms with Crippen molar-refractivity contribution in [2.45, 2.75) is 13.8 Å². The Kier molecular flexibility index (Phi) is 8.13. The molecule has 0 aliphatic rings. The number of rotatable bonds is 9. The highest BCUT2D eigenvalue weighted by molar-refractivity contribution is 5.95. The van der Waals surface area contributed by atoms with Gasteiger partial charge < -0.3 is 14.8 Å². The Morgan fingerprint density at radius 2 is 1.76 bits per heavy atom. The van der Waals surface area contributed by atoms with Crippen LogP contribution < -0.4 is 20.2 Å². The van der Waals surface area contributed by atoms with Crippen LogP contribution in [0.5, 0.6) is 11.5 Å². The summed E-state index contributed by atoms with van der Waals surface area (Å²) in [5.74, 6) is -0.770. The first kappa shape index (κ1) is 23.5. The van der Waals surface area contributed by atoms with Gasteiger partial charge in [0.15, 0.2) is 18.1 Å². The first-order chi connectivity index (χ1) is 16.0. The second-order valence-corrected chi connectivity index (χ2v) is 6.97. The van der Waals surface area contributed by atoms with Crippen molar-refractivity contribution in [2.24, 2.45) is 5.10 Å². The van der Waals surface area contributed by atoms with E-state index in [1.807, 2.05) is 38.1 Å². The van der Waals surface area contributed by atoms with Gasteiger partial charge in [-0.1, -0.05) is 30.3 Å². The summed E-state index contributed by atoms with van der Waals surface area (Å²) in [6.45, 7) is 3.92. The number of carbonyl (C=O) groups excluding carboxylic acids is 2. The number of nitrogens with zero attached hydrogens (tertiary/aromatic N) is 1. The second-order valence-electron chi connectivity index (χ2n) is 6.97. The van der Waals surface area contributed by atoms with Crippen molar-refractivity contribution in [2.75, 3.05) is 18.5 Å². The number of carbonyl (C=O) groups is 2. The molecule has 3 rings (SSSR count). The smallest absolute Gasteiger partial charge is 0.274 e. The molecule has 0 radical (unpaired) electrons. The first-order valence-corrected chi connectivity index (χ1v) is 10.3. The highest BCUT2D eigenvalue weighted by Crippen LogP contribution is 2.28. The molecule has 0 heterocycles. The Morgan fingerprint density at radius 3 is 2.52 bits per heavy atom. The Bertz CT molecular complexity index is 1160. The third-order valence-corrected chi connectivity index (χ3v) is 4.54. The Morgan fingerprint density at radius 1 is 1.00 bits per heavy atom. The fraction of sp³-hybridized carbons (Fsp3) is 0.160. The zero-order chi connectivity index (χ0) is 23.6. The van der Waals surface area contributed by atoms with Crippen LogP contribution in [0.4, 0.5) is 10.1 Å². The molecule has 2 N–H and O–H groups in total. The molecule has 2 amide bonds. The van der Waals surface area contributed by atoms with Crippen LogP contribution in [-0.4, -0.2) is 31.2 Å². The number of halogens is 1. The summed E-state index contributed by atoms with van der Waals surface area (Å²) in [5, 5.41) is 6.67.